The van der Waals surface area contributed by atoms with Crippen LogP contribution in [0.4, 0.5) is 5.69 Å². The molecule has 1 heterocycles. The molecule has 1 fully saturated rings. The van der Waals surface area contributed by atoms with E-state index in [-0.39, 0.29) is 24.4 Å². The minimum Gasteiger partial charge on any atom is -0.378 e. The number of morpholine rings is 1. The average Bonchev–Trinajstić information content (AvgIpc) is 2.40. The van der Waals surface area contributed by atoms with E-state index in [0.717, 1.165) is 12.2 Å². The molecule has 1 aromatic carbocycles. The van der Waals surface area contributed by atoms with Gasteiger partial charge in [0.1, 0.15) is 6.04 Å². The summed E-state index contributed by atoms with van der Waals surface area (Å²) < 4.78 is 5.28. The minimum atomic E-state index is -0.249. The van der Waals surface area contributed by atoms with Gasteiger partial charge < -0.3 is 15.4 Å². The van der Waals surface area contributed by atoms with Gasteiger partial charge >= 0.3 is 0 Å². The number of ether oxygens (including phenoxy) is 1. The molecule has 0 bridgehead atoms. The standard InChI is InChI=1S/C14H20N2O2.ClH/c1-10(2)11-4-3-5-12(8-11)16-14(17)13-9-18-7-6-15-13;/h3-5,8,10,13,15H,6-7,9H2,1-2H3,(H,16,17);1H. The topological polar surface area (TPSA) is 50.4 Å². The van der Waals surface area contributed by atoms with E-state index in [1.54, 1.807) is 0 Å². The monoisotopic (exact) mass is 284 g/mol. The van der Waals surface area contributed by atoms with E-state index in [9.17, 15) is 4.79 Å². The molecule has 1 aliphatic heterocycles. The highest BCUT2D eigenvalue weighted by Crippen LogP contribution is 2.18. The number of benzene rings is 1. The molecule has 0 saturated carbocycles. The Balaban J connectivity index is 0.00000180. The molecule has 1 saturated heterocycles. The van der Waals surface area contributed by atoms with Crippen molar-refractivity contribution in [1.82, 2.24) is 5.32 Å². The van der Waals surface area contributed by atoms with E-state index in [1.807, 2.05) is 18.2 Å². The number of amides is 1. The quantitative estimate of drug-likeness (QED) is 0.894. The van der Waals surface area contributed by atoms with Gasteiger partial charge in [-0.25, -0.2) is 0 Å². The normalized spacial score (nSPS) is 18.8. The fraction of sp³-hybridized carbons (Fsp3) is 0.500. The molecule has 0 radical (unpaired) electrons. The maximum Gasteiger partial charge on any atom is 0.243 e. The summed E-state index contributed by atoms with van der Waals surface area (Å²) in [6.45, 7) is 6.11. The van der Waals surface area contributed by atoms with Gasteiger partial charge in [0.15, 0.2) is 0 Å². The largest absolute Gasteiger partial charge is 0.378 e. The molecule has 1 atom stereocenters. The SMILES string of the molecule is CC(C)c1cccc(NC(=O)C2COCCN2)c1.Cl. The Morgan fingerprint density at radius 1 is 1.47 bits per heavy atom. The van der Waals surface area contributed by atoms with E-state index in [2.05, 4.69) is 30.5 Å². The van der Waals surface area contributed by atoms with Crippen LogP contribution in [0.3, 0.4) is 0 Å². The van der Waals surface area contributed by atoms with Crippen LogP contribution in [-0.4, -0.2) is 31.7 Å². The minimum absolute atomic E-state index is 0. The van der Waals surface area contributed by atoms with E-state index >= 15 is 0 Å². The lowest BCUT2D eigenvalue weighted by Crippen LogP contribution is -2.48. The van der Waals surface area contributed by atoms with Crippen molar-refractivity contribution in [3.05, 3.63) is 29.8 Å². The van der Waals surface area contributed by atoms with Gasteiger partial charge in [0.25, 0.3) is 0 Å². The van der Waals surface area contributed by atoms with Crippen LogP contribution in [0.1, 0.15) is 25.3 Å². The van der Waals surface area contributed by atoms with Crippen molar-refractivity contribution >= 4 is 24.0 Å². The summed E-state index contributed by atoms with van der Waals surface area (Å²) in [6, 6.07) is 7.72. The third-order valence-electron chi connectivity index (χ3n) is 3.06. The van der Waals surface area contributed by atoms with Crippen molar-refractivity contribution in [3.63, 3.8) is 0 Å². The Morgan fingerprint density at radius 3 is 2.89 bits per heavy atom. The highest BCUT2D eigenvalue weighted by Gasteiger charge is 2.21. The van der Waals surface area contributed by atoms with Crippen LogP contribution in [0.25, 0.3) is 0 Å². The highest BCUT2D eigenvalue weighted by molar-refractivity contribution is 5.95. The van der Waals surface area contributed by atoms with Crippen molar-refractivity contribution in [2.24, 2.45) is 0 Å². The molecule has 19 heavy (non-hydrogen) atoms. The Labute approximate surface area is 120 Å². The van der Waals surface area contributed by atoms with Gasteiger partial charge in [0.2, 0.25) is 5.91 Å². The second kappa shape index (κ2) is 7.48. The molecular formula is C14H21ClN2O2. The summed E-state index contributed by atoms with van der Waals surface area (Å²) in [5, 5.41) is 6.06. The van der Waals surface area contributed by atoms with E-state index in [4.69, 9.17) is 4.74 Å². The first kappa shape index (κ1) is 16.0. The molecule has 1 amide bonds. The average molecular weight is 285 g/mol. The molecule has 0 aromatic heterocycles. The molecule has 1 aromatic rings. The van der Waals surface area contributed by atoms with Gasteiger partial charge in [-0.1, -0.05) is 26.0 Å². The number of carbonyl (C=O) groups excluding carboxylic acids is 1. The molecule has 4 nitrogen and oxygen atoms in total. The molecule has 1 unspecified atom stereocenters. The van der Waals surface area contributed by atoms with E-state index < -0.39 is 0 Å². The van der Waals surface area contributed by atoms with Crippen LogP contribution in [0.2, 0.25) is 0 Å². The number of hydrogen-bond acceptors (Lipinski definition) is 3. The molecule has 2 rings (SSSR count). The first-order valence-electron chi connectivity index (χ1n) is 6.39. The maximum atomic E-state index is 12.0. The maximum absolute atomic E-state index is 12.0. The lowest BCUT2D eigenvalue weighted by atomic mass is 10.0. The van der Waals surface area contributed by atoms with Gasteiger partial charge in [-0.15, -0.1) is 12.4 Å². The second-order valence-electron chi connectivity index (χ2n) is 4.85. The summed E-state index contributed by atoms with van der Waals surface area (Å²) in [4.78, 5) is 12.0. The van der Waals surface area contributed by atoms with Crippen LogP contribution in [0.5, 0.6) is 0 Å². The van der Waals surface area contributed by atoms with E-state index in [1.165, 1.54) is 5.56 Å². The Bertz CT molecular complexity index is 418. The number of hydrogen-bond donors (Lipinski definition) is 2. The number of anilines is 1. The summed E-state index contributed by atoms with van der Waals surface area (Å²) in [6.07, 6.45) is 0. The zero-order chi connectivity index (χ0) is 13.0. The van der Waals surface area contributed by atoms with Gasteiger partial charge in [-0.2, -0.15) is 0 Å². The van der Waals surface area contributed by atoms with Crippen LogP contribution in [0.15, 0.2) is 24.3 Å². The third kappa shape index (κ3) is 4.49. The second-order valence-corrected chi connectivity index (χ2v) is 4.85. The highest BCUT2D eigenvalue weighted by atomic mass is 35.5. The van der Waals surface area contributed by atoms with Crippen molar-refractivity contribution in [2.75, 3.05) is 25.1 Å². The number of nitrogens with one attached hydrogen (secondary N) is 2. The lowest BCUT2D eigenvalue weighted by Gasteiger charge is -2.23. The van der Waals surface area contributed by atoms with Crippen LogP contribution in [0, 0.1) is 0 Å². The molecule has 0 spiro atoms. The van der Waals surface area contributed by atoms with Gasteiger partial charge in [-0.3, -0.25) is 4.79 Å². The van der Waals surface area contributed by atoms with Crippen LogP contribution in [-0.2, 0) is 9.53 Å². The fourth-order valence-corrected chi connectivity index (χ4v) is 1.94. The van der Waals surface area contributed by atoms with Gasteiger partial charge in [-0.05, 0) is 23.6 Å². The Morgan fingerprint density at radius 2 is 2.26 bits per heavy atom. The van der Waals surface area contributed by atoms with E-state index in [0.29, 0.717) is 19.1 Å². The summed E-state index contributed by atoms with van der Waals surface area (Å²) in [7, 11) is 0. The summed E-state index contributed by atoms with van der Waals surface area (Å²) >= 11 is 0. The molecular weight excluding hydrogens is 264 g/mol. The van der Waals surface area contributed by atoms with Gasteiger partial charge in [0.05, 0.1) is 13.2 Å². The number of halogens is 1. The van der Waals surface area contributed by atoms with Gasteiger partial charge in [0, 0.05) is 12.2 Å². The van der Waals surface area contributed by atoms with Crippen LogP contribution >= 0.6 is 12.4 Å². The predicted molar refractivity (Wildman–Crippen MR) is 79.0 cm³/mol. The summed E-state index contributed by atoms with van der Waals surface area (Å²) in [5.41, 5.74) is 2.07. The first-order chi connectivity index (χ1) is 8.66. The third-order valence-corrected chi connectivity index (χ3v) is 3.06. The summed E-state index contributed by atoms with van der Waals surface area (Å²) in [5.74, 6) is 0.425. The Hall–Kier alpha value is -1.10. The van der Waals surface area contributed by atoms with Crippen molar-refractivity contribution in [3.8, 4) is 0 Å². The number of carbonyl (C=O) groups is 1. The van der Waals surface area contributed by atoms with Crippen molar-refractivity contribution in [1.29, 1.82) is 0 Å². The van der Waals surface area contributed by atoms with Crippen molar-refractivity contribution in [2.45, 2.75) is 25.8 Å². The first-order valence-corrected chi connectivity index (χ1v) is 6.39. The zero-order valence-electron chi connectivity index (χ0n) is 11.3. The predicted octanol–water partition coefficient (Wildman–Crippen LogP) is 2.16. The Kier molecular flexibility index (Phi) is 6.28. The zero-order valence-corrected chi connectivity index (χ0v) is 12.1. The molecule has 1 aliphatic rings. The molecule has 2 N–H and O–H groups in total. The fourth-order valence-electron chi connectivity index (χ4n) is 1.94. The van der Waals surface area contributed by atoms with Crippen LogP contribution < -0.4 is 10.6 Å². The molecule has 106 valence electrons. The van der Waals surface area contributed by atoms with Crippen molar-refractivity contribution < 1.29 is 9.53 Å². The molecule has 5 heteroatoms. The lowest BCUT2D eigenvalue weighted by molar-refractivity contribution is -0.120. The molecule has 0 aliphatic carbocycles. The number of rotatable bonds is 3. The smallest absolute Gasteiger partial charge is 0.243 e.